The summed E-state index contributed by atoms with van der Waals surface area (Å²) in [5, 5.41) is 3.25. The third-order valence-electron chi connectivity index (χ3n) is 3.25. The van der Waals surface area contributed by atoms with E-state index in [2.05, 4.69) is 10.0 Å². The van der Waals surface area contributed by atoms with E-state index in [1.54, 1.807) is 18.2 Å². The van der Waals surface area contributed by atoms with Crippen molar-refractivity contribution in [2.45, 2.75) is 24.8 Å². The van der Waals surface area contributed by atoms with Gasteiger partial charge in [-0.2, -0.15) is 0 Å². The lowest BCUT2D eigenvalue weighted by Crippen LogP contribution is -2.13. The summed E-state index contributed by atoms with van der Waals surface area (Å²) >= 11 is 0. The zero-order valence-corrected chi connectivity index (χ0v) is 13.7. The standard InChI is InChI=1S/C16H18N2O4S/c1-11(2)17-12-3-5-13(6-4-12)18-23(19,20)14-7-8-15-16(9-14)22-10-21-15/h3-9,11,17-18H,10H2,1-2H3. The number of fused-ring (bicyclic) bond motifs is 1. The zero-order chi connectivity index (χ0) is 16.4. The van der Waals surface area contributed by atoms with Gasteiger partial charge < -0.3 is 14.8 Å². The smallest absolute Gasteiger partial charge is 0.262 e. The molecule has 1 heterocycles. The quantitative estimate of drug-likeness (QED) is 0.879. The molecule has 0 saturated carbocycles. The molecular weight excluding hydrogens is 316 g/mol. The largest absolute Gasteiger partial charge is 0.454 e. The molecule has 2 aromatic carbocycles. The van der Waals surface area contributed by atoms with Gasteiger partial charge >= 0.3 is 0 Å². The molecule has 6 nitrogen and oxygen atoms in total. The number of hydrogen-bond acceptors (Lipinski definition) is 5. The Morgan fingerprint density at radius 1 is 0.957 bits per heavy atom. The highest BCUT2D eigenvalue weighted by atomic mass is 32.2. The van der Waals surface area contributed by atoms with Crippen LogP contribution >= 0.6 is 0 Å². The van der Waals surface area contributed by atoms with E-state index in [1.165, 1.54) is 12.1 Å². The van der Waals surface area contributed by atoms with Crippen molar-refractivity contribution in [1.82, 2.24) is 0 Å². The van der Waals surface area contributed by atoms with Crippen molar-refractivity contribution in [2.24, 2.45) is 0 Å². The van der Waals surface area contributed by atoms with Gasteiger partial charge in [0.1, 0.15) is 0 Å². The minimum atomic E-state index is -3.68. The monoisotopic (exact) mass is 334 g/mol. The SMILES string of the molecule is CC(C)Nc1ccc(NS(=O)(=O)c2ccc3c(c2)OCO3)cc1. The number of hydrogen-bond donors (Lipinski definition) is 2. The van der Waals surface area contributed by atoms with E-state index in [1.807, 2.05) is 26.0 Å². The molecule has 1 aliphatic heterocycles. The van der Waals surface area contributed by atoms with Crippen LogP contribution in [-0.2, 0) is 10.0 Å². The topological polar surface area (TPSA) is 76.7 Å². The van der Waals surface area contributed by atoms with Crippen LogP contribution in [0.4, 0.5) is 11.4 Å². The predicted octanol–water partition coefficient (Wildman–Crippen LogP) is 3.04. The van der Waals surface area contributed by atoms with Gasteiger partial charge in [-0.3, -0.25) is 4.72 Å². The fourth-order valence-electron chi connectivity index (χ4n) is 2.23. The molecule has 0 spiro atoms. The van der Waals surface area contributed by atoms with Crippen LogP contribution < -0.4 is 19.5 Å². The van der Waals surface area contributed by atoms with Gasteiger partial charge in [-0.25, -0.2) is 8.42 Å². The number of anilines is 2. The van der Waals surface area contributed by atoms with Crippen LogP contribution in [0.5, 0.6) is 11.5 Å². The van der Waals surface area contributed by atoms with Gasteiger partial charge in [0.2, 0.25) is 6.79 Å². The maximum atomic E-state index is 12.4. The highest BCUT2D eigenvalue weighted by Crippen LogP contribution is 2.34. The second-order valence-corrected chi connectivity index (χ2v) is 7.18. The highest BCUT2D eigenvalue weighted by molar-refractivity contribution is 7.92. The van der Waals surface area contributed by atoms with E-state index in [9.17, 15) is 8.42 Å². The Hall–Kier alpha value is -2.41. The summed E-state index contributed by atoms with van der Waals surface area (Å²) in [5.74, 6) is 0.984. The maximum absolute atomic E-state index is 12.4. The molecule has 0 unspecified atom stereocenters. The summed E-state index contributed by atoms with van der Waals surface area (Å²) in [6.45, 7) is 4.18. The van der Waals surface area contributed by atoms with Gasteiger partial charge in [0, 0.05) is 23.5 Å². The number of benzene rings is 2. The third kappa shape index (κ3) is 3.50. The molecule has 7 heteroatoms. The Balaban J connectivity index is 1.78. The molecule has 2 N–H and O–H groups in total. The molecule has 3 rings (SSSR count). The van der Waals surface area contributed by atoms with Crippen LogP contribution in [0.3, 0.4) is 0 Å². The molecule has 0 radical (unpaired) electrons. The Kier molecular flexibility index (Phi) is 4.04. The maximum Gasteiger partial charge on any atom is 0.262 e. The van der Waals surface area contributed by atoms with Crippen molar-refractivity contribution in [3.8, 4) is 11.5 Å². The second-order valence-electron chi connectivity index (χ2n) is 5.50. The van der Waals surface area contributed by atoms with Crippen LogP contribution in [-0.4, -0.2) is 21.3 Å². The van der Waals surface area contributed by atoms with E-state index in [0.29, 0.717) is 23.2 Å². The first-order valence-corrected chi connectivity index (χ1v) is 8.71. The summed E-state index contributed by atoms with van der Waals surface area (Å²) in [6, 6.07) is 11.9. The Bertz CT molecular complexity index is 801. The van der Waals surface area contributed by atoms with Crippen molar-refractivity contribution >= 4 is 21.4 Å². The highest BCUT2D eigenvalue weighted by Gasteiger charge is 2.20. The Morgan fingerprint density at radius 2 is 1.61 bits per heavy atom. The molecule has 0 saturated heterocycles. The molecule has 0 bridgehead atoms. The molecule has 0 atom stereocenters. The lowest BCUT2D eigenvalue weighted by Gasteiger charge is -2.12. The van der Waals surface area contributed by atoms with Gasteiger partial charge in [0.05, 0.1) is 4.90 Å². The van der Waals surface area contributed by atoms with Crippen LogP contribution in [0.25, 0.3) is 0 Å². The minimum Gasteiger partial charge on any atom is -0.454 e. The fraction of sp³-hybridized carbons (Fsp3) is 0.250. The number of nitrogens with one attached hydrogen (secondary N) is 2. The average molecular weight is 334 g/mol. The molecule has 0 amide bonds. The second kappa shape index (κ2) is 6.00. The van der Waals surface area contributed by atoms with E-state index in [0.717, 1.165) is 5.69 Å². The third-order valence-corrected chi connectivity index (χ3v) is 4.63. The molecular formula is C16H18N2O4S. The number of ether oxygens (including phenoxy) is 2. The van der Waals surface area contributed by atoms with Crippen molar-refractivity contribution in [1.29, 1.82) is 0 Å². The summed E-state index contributed by atoms with van der Waals surface area (Å²) in [7, 11) is -3.68. The van der Waals surface area contributed by atoms with Gasteiger partial charge in [0.25, 0.3) is 10.0 Å². The van der Waals surface area contributed by atoms with E-state index >= 15 is 0 Å². The lowest BCUT2D eigenvalue weighted by atomic mass is 10.2. The molecule has 23 heavy (non-hydrogen) atoms. The average Bonchev–Trinajstić information content (AvgIpc) is 2.96. The number of sulfonamides is 1. The van der Waals surface area contributed by atoms with Gasteiger partial charge in [-0.15, -0.1) is 0 Å². The van der Waals surface area contributed by atoms with Crippen molar-refractivity contribution in [3.05, 3.63) is 42.5 Å². The van der Waals surface area contributed by atoms with Crippen molar-refractivity contribution in [2.75, 3.05) is 16.8 Å². The summed E-state index contributed by atoms with van der Waals surface area (Å²) in [4.78, 5) is 0.131. The number of rotatable bonds is 5. The van der Waals surface area contributed by atoms with Gasteiger partial charge in [0.15, 0.2) is 11.5 Å². The summed E-state index contributed by atoms with van der Waals surface area (Å²) < 4.78 is 37.8. The molecule has 0 fully saturated rings. The van der Waals surface area contributed by atoms with Crippen LogP contribution in [0.15, 0.2) is 47.4 Å². The van der Waals surface area contributed by atoms with E-state index < -0.39 is 10.0 Å². The molecule has 1 aliphatic rings. The van der Waals surface area contributed by atoms with Gasteiger partial charge in [-0.1, -0.05) is 0 Å². The molecule has 122 valence electrons. The predicted molar refractivity (Wildman–Crippen MR) is 88.6 cm³/mol. The normalized spacial score (nSPS) is 13.2. The van der Waals surface area contributed by atoms with Crippen molar-refractivity contribution in [3.63, 3.8) is 0 Å². The van der Waals surface area contributed by atoms with Crippen LogP contribution in [0, 0.1) is 0 Å². The Morgan fingerprint density at radius 3 is 2.30 bits per heavy atom. The molecule has 0 aromatic heterocycles. The molecule has 2 aromatic rings. The van der Waals surface area contributed by atoms with Gasteiger partial charge in [-0.05, 0) is 50.2 Å². The lowest BCUT2D eigenvalue weighted by molar-refractivity contribution is 0.174. The first kappa shape index (κ1) is 15.5. The first-order chi connectivity index (χ1) is 10.9. The fourth-order valence-corrected chi connectivity index (χ4v) is 3.30. The first-order valence-electron chi connectivity index (χ1n) is 7.23. The van der Waals surface area contributed by atoms with E-state index in [-0.39, 0.29) is 11.7 Å². The Labute approximate surface area is 135 Å². The van der Waals surface area contributed by atoms with Crippen LogP contribution in [0.1, 0.15) is 13.8 Å². The zero-order valence-electron chi connectivity index (χ0n) is 12.9. The van der Waals surface area contributed by atoms with Crippen molar-refractivity contribution < 1.29 is 17.9 Å². The summed E-state index contributed by atoms with van der Waals surface area (Å²) in [5.41, 5.74) is 1.43. The molecule has 0 aliphatic carbocycles. The summed E-state index contributed by atoms with van der Waals surface area (Å²) in [6.07, 6.45) is 0. The van der Waals surface area contributed by atoms with Crippen LogP contribution in [0.2, 0.25) is 0 Å². The minimum absolute atomic E-state index is 0.108. The van der Waals surface area contributed by atoms with E-state index in [4.69, 9.17) is 9.47 Å².